The zero-order chi connectivity index (χ0) is 20.4. The van der Waals surface area contributed by atoms with Crippen molar-refractivity contribution in [2.45, 2.75) is 26.5 Å². The fraction of sp³-hybridized carbons (Fsp3) is 0.350. The van der Waals surface area contributed by atoms with Crippen LogP contribution in [0.3, 0.4) is 0 Å². The monoisotopic (exact) mass is 469 g/mol. The van der Waals surface area contributed by atoms with Gasteiger partial charge in [-0.1, -0.05) is 64.5 Å². The number of hydrogen-bond donors (Lipinski definition) is 1. The highest BCUT2D eigenvalue weighted by Gasteiger charge is 2.31. The normalized spacial score (nSPS) is 12.4. The van der Waals surface area contributed by atoms with Gasteiger partial charge in [0.05, 0.1) is 25.4 Å². The lowest BCUT2D eigenvalue weighted by Crippen LogP contribution is -2.32. The van der Waals surface area contributed by atoms with Crippen LogP contribution in [0.25, 0.3) is 0 Å². The maximum absolute atomic E-state index is 13.0. The van der Waals surface area contributed by atoms with Crippen LogP contribution in [-0.4, -0.2) is 25.5 Å². The van der Waals surface area contributed by atoms with E-state index in [-0.39, 0.29) is 26.0 Å². The van der Waals surface area contributed by atoms with E-state index in [1.807, 2.05) is 54.6 Å². The smallest absolute Gasteiger partial charge is 0.407 e. The molecular weight excluding hydrogens is 445 g/mol. The van der Waals surface area contributed by atoms with Gasteiger partial charge in [0.25, 0.3) is 0 Å². The highest BCUT2D eigenvalue weighted by Crippen LogP contribution is 2.51. The SMILES string of the molecule is CCOP(=O)(C[C@@H](NC(=O)OCc1ccccc1)c1ccccc1Br)OCC. The van der Waals surface area contributed by atoms with Crippen molar-refractivity contribution in [1.82, 2.24) is 5.32 Å². The molecule has 0 saturated heterocycles. The summed E-state index contributed by atoms with van der Waals surface area (Å²) >= 11 is 3.48. The van der Waals surface area contributed by atoms with E-state index in [0.29, 0.717) is 0 Å². The van der Waals surface area contributed by atoms with Crippen LogP contribution in [0.2, 0.25) is 0 Å². The third-order valence-corrected chi connectivity index (χ3v) is 6.68. The Morgan fingerprint density at radius 1 is 1.04 bits per heavy atom. The lowest BCUT2D eigenvalue weighted by Gasteiger charge is -2.25. The van der Waals surface area contributed by atoms with Gasteiger partial charge in [-0.2, -0.15) is 0 Å². The first kappa shape index (κ1) is 22.6. The number of halogens is 1. The van der Waals surface area contributed by atoms with E-state index in [9.17, 15) is 9.36 Å². The molecule has 1 N–H and O–H groups in total. The number of alkyl carbamates (subject to hydrolysis) is 1. The number of carbonyl (C=O) groups excluding carboxylic acids is 1. The summed E-state index contributed by atoms with van der Waals surface area (Å²) in [6.45, 7) is 4.14. The van der Waals surface area contributed by atoms with Gasteiger partial charge in [-0.05, 0) is 31.0 Å². The van der Waals surface area contributed by atoms with E-state index in [1.165, 1.54) is 0 Å². The molecule has 0 aromatic heterocycles. The van der Waals surface area contributed by atoms with Gasteiger partial charge in [0.1, 0.15) is 6.61 Å². The molecule has 0 spiro atoms. The molecule has 0 radical (unpaired) electrons. The molecule has 0 fully saturated rings. The number of hydrogen-bond acceptors (Lipinski definition) is 5. The Morgan fingerprint density at radius 3 is 2.25 bits per heavy atom. The Bertz CT molecular complexity index is 792. The molecule has 0 aliphatic rings. The summed E-state index contributed by atoms with van der Waals surface area (Å²) in [5, 5.41) is 2.79. The average molecular weight is 470 g/mol. The summed E-state index contributed by atoms with van der Waals surface area (Å²) in [6, 6.07) is 16.2. The highest BCUT2D eigenvalue weighted by atomic mass is 79.9. The minimum Gasteiger partial charge on any atom is -0.445 e. The minimum absolute atomic E-state index is 0.00225. The number of amides is 1. The van der Waals surface area contributed by atoms with Crippen LogP contribution in [-0.2, 0) is 25.0 Å². The van der Waals surface area contributed by atoms with Gasteiger partial charge in [0.15, 0.2) is 0 Å². The van der Waals surface area contributed by atoms with Crippen molar-refractivity contribution in [2.24, 2.45) is 0 Å². The van der Waals surface area contributed by atoms with Crippen molar-refractivity contribution < 1.29 is 23.1 Å². The van der Waals surface area contributed by atoms with Crippen molar-refractivity contribution in [3.05, 3.63) is 70.2 Å². The number of rotatable bonds is 10. The number of carbonyl (C=O) groups is 1. The molecule has 0 heterocycles. The second-order valence-corrected chi connectivity index (χ2v) is 8.87. The Kier molecular flexibility index (Phi) is 9.19. The first-order valence-electron chi connectivity index (χ1n) is 9.07. The molecule has 2 aromatic carbocycles. The molecule has 152 valence electrons. The predicted molar refractivity (Wildman–Crippen MR) is 112 cm³/mol. The molecule has 6 nitrogen and oxygen atoms in total. The Balaban J connectivity index is 2.15. The third-order valence-electron chi connectivity index (χ3n) is 3.84. The van der Waals surface area contributed by atoms with Crippen molar-refractivity contribution in [3.8, 4) is 0 Å². The molecule has 2 rings (SSSR count). The van der Waals surface area contributed by atoms with Gasteiger partial charge >= 0.3 is 13.7 Å². The number of nitrogens with one attached hydrogen (secondary N) is 1. The highest BCUT2D eigenvalue weighted by molar-refractivity contribution is 9.10. The van der Waals surface area contributed by atoms with Crippen LogP contribution in [0.4, 0.5) is 4.79 Å². The van der Waals surface area contributed by atoms with E-state index >= 15 is 0 Å². The van der Waals surface area contributed by atoms with E-state index in [4.69, 9.17) is 13.8 Å². The average Bonchev–Trinajstić information content (AvgIpc) is 2.67. The fourth-order valence-corrected chi connectivity index (χ4v) is 5.01. The minimum atomic E-state index is -3.39. The van der Waals surface area contributed by atoms with Crippen molar-refractivity contribution >= 4 is 29.6 Å². The molecule has 0 aliphatic heterocycles. The first-order chi connectivity index (χ1) is 13.5. The maximum Gasteiger partial charge on any atom is 0.407 e. The molecule has 1 amide bonds. The summed E-state index contributed by atoms with van der Waals surface area (Å²) in [4.78, 5) is 12.4. The lowest BCUT2D eigenvalue weighted by molar-refractivity contribution is 0.136. The molecule has 0 saturated carbocycles. The van der Waals surface area contributed by atoms with E-state index in [0.717, 1.165) is 15.6 Å². The zero-order valence-electron chi connectivity index (χ0n) is 16.0. The van der Waals surface area contributed by atoms with Crippen LogP contribution >= 0.6 is 23.5 Å². The lowest BCUT2D eigenvalue weighted by atomic mass is 10.1. The van der Waals surface area contributed by atoms with Gasteiger partial charge in [-0.15, -0.1) is 0 Å². The van der Waals surface area contributed by atoms with Gasteiger partial charge < -0.3 is 19.1 Å². The van der Waals surface area contributed by atoms with Crippen LogP contribution in [0.1, 0.15) is 31.0 Å². The van der Waals surface area contributed by atoms with Gasteiger partial charge in [0, 0.05) is 4.47 Å². The predicted octanol–water partition coefficient (Wildman–Crippen LogP) is 5.68. The van der Waals surface area contributed by atoms with Gasteiger partial charge in [0.2, 0.25) is 0 Å². The zero-order valence-corrected chi connectivity index (χ0v) is 18.4. The molecule has 8 heteroatoms. The Labute approximate surface area is 174 Å². The third kappa shape index (κ3) is 7.06. The Hall–Kier alpha value is -1.66. The fourth-order valence-electron chi connectivity index (χ4n) is 2.65. The standard InChI is InChI=1S/C20H25BrNO5P/c1-3-26-28(24,27-4-2)15-19(17-12-8-9-13-18(17)21)22-20(23)25-14-16-10-6-5-7-11-16/h5-13,19H,3-4,14-15H2,1-2H3,(H,22,23)/t19-/m1/s1. The van der Waals surface area contributed by atoms with Crippen LogP contribution in [0, 0.1) is 0 Å². The topological polar surface area (TPSA) is 73.9 Å². The second kappa shape index (κ2) is 11.4. The number of benzene rings is 2. The summed E-state index contributed by atoms with van der Waals surface area (Å²) < 4.78 is 29.9. The van der Waals surface area contributed by atoms with Crippen LogP contribution in [0.5, 0.6) is 0 Å². The molecule has 28 heavy (non-hydrogen) atoms. The molecule has 0 aliphatic carbocycles. The number of ether oxygens (including phenoxy) is 1. The first-order valence-corrected chi connectivity index (χ1v) is 11.6. The molecule has 2 aromatic rings. The summed E-state index contributed by atoms with van der Waals surface area (Å²) in [7, 11) is -3.39. The van der Waals surface area contributed by atoms with Gasteiger partial charge in [-0.25, -0.2) is 4.79 Å². The van der Waals surface area contributed by atoms with Crippen molar-refractivity contribution in [3.63, 3.8) is 0 Å². The van der Waals surface area contributed by atoms with Crippen molar-refractivity contribution in [1.29, 1.82) is 0 Å². The Morgan fingerprint density at radius 2 is 1.64 bits per heavy atom. The van der Waals surface area contributed by atoms with Gasteiger partial charge in [-0.3, -0.25) is 4.57 Å². The maximum atomic E-state index is 13.0. The molecule has 0 bridgehead atoms. The molecule has 0 unspecified atom stereocenters. The summed E-state index contributed by atoms with van der Waals surface area (Å²) in [5.41, 5.74) is 1.64. The summed E-state index contributed by atoms with van der Waals surface area (Å²) in [5.74, 6) is 0. The van der Waals surface area contributed by atoms with Crippen molar-refractivity contribution in [2.75, 3.05) is 19.4 Å². The van der Waals surface area contributed by atoms with E-state index < -0.39 is 19.7 Å². The summed E-state index contributed by atoms with van der Waals surface area (Å²) in [6.07, 6.45) is -0.610. The van der Waals surface area contributed by atoms with E-state index in [1.54, 1.807) is 13.8 Å². The van der Waals surface area contributed by atoms with E-state index in [2.05, 4.69) is 21.2 Å². The molecule has 1 atom stereocenters. The second-order valence-electron chi connectivity index (χ2n) is 5.91. The largest absolute Gasteiger partial charge is 0.445 e. The van der Waals surface area contributed by atoms with Crippen LogP contribution in [0.15, 0.2) is 59.1 Å². The quantitative estimate of drug-likeness (QED) is 0.452. The molecular formula is C20H25BrNO5P. The van der Waals surface area contributed by atoms with Crippen LogP contribution < -0.4 is 5.32 Å².